The Morgan fingerprint density at radius 2 is 1.93 bits per heavy atom. The zero-order valence-electron chi connectivity index (χ0n) is 17.0. The molecule has 29 heavy (non-hydrogen) atoms. The number of fused-ring (bicyclic) bond motifs is 4. The van der Waals surface area contributed by atoms with E-state index in [-0.39, 0.29) is 11.9 Å². The van der Waals surface area contributed by atoms with Crippen molar-refractivity contribution in [2.24, 2.45) is 11.8 Å². The number of hydrogen-bond donors (Lipinski definition) is 2. The molecule has 1 amide bonds. The summed E-state index contributed by atoms with van der Waals surface area (Å²) in [4.78, 5) is 27.9. The molecular weight excluding hydrogens is 364 g/mol. The molecule has 1 atom stereocenters. The number of hydrogen-bond acceptors (Lipinski definition) is 4. The molecule has 6 rings (SSSR count). The number of ketones is 1. The van der Waals surface area contributed by atoms with E-state index in [0.29, 0.717) is 36.2 Å². The second-order valence-corrected chi connectivity index (χ2v) is 9.24. The van der Waals surface area contributed by atoms with Gasteiger partial charge >= 0.3 is 0 Å². The number of nitrogens with zero attached hydrogens (tertiary/aromatic N) is 2. The van der Waals surface area contributed by atoms with Gasteiger partial charge in [-0.15, -0.1) is 0 Å². The Hall–Kier alpha value is -2.21. The Morgan fingerprint density at radius 3 is 2.66 bits per heavy atom. The van der Waals surface area contributed by atoms with Crippen molar-refractivity contribution < 1.29 is 9.59 Å². The zero-order valence-corrected chi connectivity index (χ0v) is 17.0. The highest BCUT2D eigenvalue weighted by Crippen LogP contribution is 2.29. The molecule has 4 aliphatic rings. The van der Waals surface area contributed by atoms with E-state index < -0.39 is 0 Å². The van der Waals surface area contributed by atoms with Crippen LogP contribution in [0.3, 0.4) is 0 Å². The number of Topliss-reactive ketones (excluding diaryl/α,β-unsaturated/α-hetero) is 1. The summed E-state index contributed by atoms with van der Waals surface area (Å²) in [5.41, 5.74) is 2.26. The monoisotopic (exact) mass is 394 g/mol. The fraction of sp³-hybridized carbons (Fsp3) is 0.609. The molecule has 4 fully saturated rings. The first-order chi connectivity index (χ1) is 14.2. The summed E-state index contributed by atoms with van der Waals surface area (Å²) >= 11 is 0. The minimum Gasteiger partial charge on any atom is -0.346 e. The van der Waals surface area contributed by atoms with Gasteiger partial charge in [0.15, 0.2) is 5.69 Å². The molecule has 2 aromatic rings. The number of aromatic nitrogens is 2. The second kappa shape index (κ2) is 7.90. The normalized spacial score (nSPS) is 26.8. The lowest BCUT2D eigenvalue weighted by molar-refractivity contribution is -0.119. The van der Waals surface area contributed by atoms with Gasteiger partial charge < -0.3 is 10.2 Å². The number of piperidine rings is 3. The average Bonchev–Trinajstić information content (AvgIpc) is 3.38. The molecule has 1 saturated carbocycles. The van der Waals surface area contributed by atoms with Crippen molar-refractivity contribution >= 4 is 22.6 Å². The van der Waals surface area contributed by atoms with Crippen LogP contribution in [0, 0.1) is 11.8 Å². The van der Waals surface area contributed by atoms with Crippen LogP contribution in [-0.2, 0) is 11.2 Å². The minimum absolute atomic E-state index is 0.107. The predicted octanol–water partition coefficient (Wildman–Crippen LogP) is 3.08. The summed E-state index contributed by atoms with van der Waals surface area (Å²) in [5.74, 6) is 1.35. The van der Waals surface area contributed by atoms with Crippen molar-refractivity contribution in [1.82, 2.24) is 20.4 Å². The van der Waals surface area contributed by atoms with Crippen LogP contribution in [0.5, 0.6) is 0 Å². The fourth-order valence-electron chi connectivity index (χ4n) is 5.55. The maximum Gasteiger partial charge on any atom is 0.272 e. The first kappa shape index (κ1) is 18.8. The predicted molar refractivity (Wildman–Crippen MR) is 112 cm³/mol. The Morgan fingerprint density at radius 1 is 1.14 bits per heavy atom. The Labute approximate surface area is 171 Å². The van der Waals surface area contributed by atoms with E-state index in [1.807, 2.05) is 18.2 Å². The number of carbonyl (C=O) groups is 2. The third-order valence-electron chi connectivity index (χ3n) is 7.21. The molecule has 6 nitrogen and oxygen atoms in total. The van der Waals surface area contributed by atoms with Crippen molar-refractivity contribution in [3.05, 3.63) is 29.5 Å². The smallest absolute Gasteiger partial charge is 0.272 e. The summed E-state index contributed by atoms with van der Waals surface area (Å²) in [6.45, 7) is 3.25. The number of rotatable bonds is 6. The highest BCUT2D eigenvalue weighted by Gasteiger charge is 2.35. The summed E-state index contributed by atoms with van der Waals surface area (Å²) in [5, 5.41) is 11.3. The molecule has 0 spiro atoms. The quantitative estimate of drug-likeness (QED) is 0.789. The molecule has 154 valence electrons. The molecule has 0 radical (unpaired) electrons. The van der Waals surface area contributed by atoms with Crippen molar-refractivity contribution in [2.45, 2.75) is 57.4 Å². The SMILES string of the molecule is O=C(Cc1ccc2[nH]nc(C(=O)N[C@H]3CN4CCC3CC4)c2c1)CC1CCCC1. The third-order valence-corrected chi connectivity index (χ3v) is 7.21. The van der Waals surface area contributed by atoms with Crippen molar-refractivity contribution in [2.75, 3.05) is 19.6 Å². The van der Waals surface area contributed by atoms with Crippen molar-refractivity contribution in [3.63, 3.8) is 0 Å². The molecule has 0 unspecified atom stereocenters. The van der Waals surface area contributed by atoms with Crippen LogP contribution in [0.2, 0.25) is 0 Å². The van der Waals surface area contributed by atoms with Crippen LogP contribution >= 0.6 is 0 Å². The first-order valence-corrected chi connectivity index (χ1v) is 11.2. The first-order valence-electron chi connectivity index (χ1n) is 11.2. The van der Waals surface area contributed by atoms with Gasteiger partial charge in [-0.1, -0.05) is 31.7 Å². The van der Waals surface area contributed by atoms with E-state index in [1.165, 1.54) is 38.5 Å². The van der Waals surface area contributed by atoms with Gasteiger partial charge in [0.1, 0.15) is 5.78 Å². The Kier molecular flexibility index (Phi) is 5.12. The van der Waals surface area contributed by atoms with Crippen LogP contribution in [0.25, 0.3) is 10.9 Å². The maximum atomic E-state index is 12.9. The van der Waals surface area contributed by atoms with Crippen LogP contribution in [0.1, 0.15) is 61.0 Å². The average molecular weight is 395 g/mol. The number of benzene rings is 1. The lowest BCUT2D eigenvalue weighted by atomic mass is 9.84. The molecule has 2 N–H and O–H groups in total. The van der Waals surface area contributed by atoms with Crippen molar-refractivity contribution in [3.8, 4) is 0 Å². The third kappa shape index (κ3) is 3.95. The number of aromatic amines is 1. The van der Waals surface area contributed by atoms with Gasteiger partial charge in [-0.25, -0.2) is 0 Å². The summed E-state index contributed by atoms with van der Waals surface area (Å²) < 4.78 is 0. The number of H-pyrrole nitrogens is 1. The molecule has 6 heteroatoms. The van der Waals surface area contributed by atoms with Crippen LogP contribution in [0.4, 0.5) is 0 Å². The summed E-state index contributed by atoms with van der Waals surface area (Å²) in [6, 6.07) is 6.10. The lowest BCUT2D eigenvalue weighted by Gasteiger charge is -2.44. The fourth-order valence-corrected chi connectivity index (χ4v) is 5.55. The van der Waals surface area contributed by atoms with E-state index in [9.17, 15) is 9.59 Å². The van der Waals surface area contributed by atoms with Gasteiger partial charge in [0.25, 0.3) is 5.91 Å². The topological polar surface area (TPSA) is 78.1 Å². The number of carbonyl (C=O) groups excluding carboxylic acids is 2. The van der Waals surface area contributed by atoms with Crippen LogP contribution < -0.4 is 5.32 Å². The molecule has 3 saturated heterocycles. The standard InChI is InChI=1S/C23H30N4O2/c28-18(11-15-3-1-2-4-15)12-16-5-6-20-19(13-16)22(26-25-20)23(29)24-21-14-27-9-7-17(21)8-10-27/h5-6,13,15,17,21H,1-4,7-12,14H2,(H,24,29)(H,25,26)/t21-/m0/s1. The van der Waals surface area contributed by atoms with E-state index in [0.717, 1.165) is 36.1 Å². The number of amides is 1. The molecule has 4 heterocycles. The highest BCUT2D eigenvalue weighted by atomic mass is 16.2. The van der Waals surface area contributed by atoms with Gasteiger partial charge in [-0.3, -0.25) is 14.7 Å². The van der Waals surface area contributed by atoms with Gasteiger partial charge in [0, 0.05) is 30.8 Å². The van der Waals surface area contributed by atoms with Gasteiger partial charge in [0.2, 0.25) is 0 Å². The van der Waals surface area contributed by atoms with E-state index in [2.05, 4.69) is 20.4 Å². The molecule has 1 aliphatic carbocycles. The van der Waals surface area contributed by atoms with Gasteiger partial charge in [-0.05, 0) is 55.5 Å². The summed E-state index contributed by atoms with van der Waals surface area (Å²) in [7, 11) is 0. The van der Waals surface area contributed by atoms with E-state index >= 15 is 0 Å². The van der Waals surface area contributed by atoms with Crippen LogP contribution in [0.15, 0.2) is 18.2 Å². The highest BCUT2D eigenvalue weighted by molar-refractivity contribution is 6.05. The molecular formula is C23H30N4O2. The second-order valence-electron chi connectivity index (χ2n) is 9.24. The Balaban J connectivity index is 1.28. The molecule has 2 bridgehead atoms. The van der Waals surface area contributed by atoms with E-state index in [4.69, 9.17) is 0 Å². The molecule has 3 aliphatic heterocycles. The Bertz CT molecular complexity index is 907. The summed E-state index contributed by atoms with van der Waals surface area (Å²) in [6.07, 6.45) is 8.37. The number of nitrogens with one attached hydrogen (secondary N) is 2. The molecule has 1 aromatic carbocycles. The lowest BCUT2D eigenvalue weighted by Crippen LogP contribution is -2.57. The zero-order chi connectivity index (χ0) is 19.8. The molecule has 1 aromatic heterocycles. The van der Waals surface area contributed by atoms with E-state index in [1.54, 1.807) is 0 Å². The minimum atomic E-state index is -0.107. The largest absolute Gasteiger partial charge is 0.346 e. The maximum absolute atomic E-state index is 12.9. The van der Waals surface area contributed by atoms with Gasteiger partial charge in [-0.2, -0.15) is 5.10 Å². The van der Waals surface area contributed by atoms with Crippen molar-refractivity contribution in [1.29, 1.82) is 0 Å². The van der Waals surface area contributed by atoms with Crippen LogP contribution in [-0.4, -0.2) is 52.5 Å². The van der Waals surface area contributed by atoms with Gasteiger partial charge in [0.05, 0.1) is 5.52 Å².